The molecule has 0 atom stereocenters. The monoisotopic (exact) mass is 242 g/mol. The number of aliphatic hydroxyl groups excluding tert-OH is 2. The maximum Gasteiger partial charge on any atom is 0.204 e. The van der Waals surface area contributed by atoms with Crippen LogP contribution in [-0.4, -0.2) is 31.5 Å². The fourth-order valence-electron chi connectivity index (χ4n) is 1.90. The molecule has 0 fully saturated rings. The Bertz CT molecular complexity index is 367. The Morgan fingerprint density at radius 2 is 1.12 bits per heavy atom. The highest BCUT2D eigenvalue weighted by Gasteiger charge is 2.23. The smallest absolute Gasteiger partial charge is 0.204 e. The van der Waals surface area contributed by atoms with Gasteiger partial charge in [0.05, 0.1) is 34.5 Å². The second kappa shape index (κ2) is 5.75. The van der Waals surface area contributed by atoms with Crippen LogP contribution in [0.3, 0.4) is 0 Å². The molecule has 0 bridgehead atoms. The van der Waals surface area contributed by atoms with Crippen LogP contribution in [0.4, 0.5) is 0 Å². The van der Waals surface area contributed by atoms with Gasteiger partial charge < -0.3 is 24.4 Å². The molecule has 0 aromatic heterocycles. The van der Waals surface area contributed by atoms with Gasteiger partial charge in [0.1, 0.15) is 0 Å². The van der Waals surface area contributed by atoms with Crippen LogP contribution in [0.2, 0.25) is 0 Å². The van der Waals surface area contributed by atoms with Crippen molar-refractivity contribution in [2.75, 3.05) is 21.3 Å². The van der Waals surface area contributed by atoms with Gasteiger partial charge in [-0.1, -0.05) is 0 Å². The molecule has 0 saturated heterocycles. The highest BCUT2D eigenvalue weighted by Crippen LogP contribution is 2.45. The molecule has 5 nitrogen and oxygen atoms in total. The van der Waals surface area contributed by atoms with Crippen molar-refractivity contribution < 1.29 is 24.4 Å². The third-order valence-corrected chi connectivity index (χ3v) is 2.79. The predicted molar refractivity (Wildman–Crippen MR) is 62.7 cm³/mol. The number of benzene rings is 1. The van der Waals surface area contributed by atoms with E-state index in [-0.39, 0.29) is 13.2 Å². The van der Waals surface area contributed by atoms with E-state index in [0.717, 1.165) is 5.56 Å². The molecule has 0 aliphatic rings. The van der Waals surface area contributed by atoms with Gasteiger partial charge in [0.25, 0.3) is 0 Å². The minimum Gasteiger partial charge on any atom is -0.492 e. The van der Waals surface area contributed by atoms with Crippen molar-refractivity contribution in [2.24, 2.45) is 0 Å². The molecule has 0 heterocycles. The Morgan fingerprint density at radius 3 is 1.35 bits per heavy atom. The molecule has 0 spiro atoms. The number of hydrogen-bond donors (Lipinski definition) is 2. The maximum atomic E-state index is 9.38. The van der Waals surface area contributed by atoms with Gasteiger partial charge in [-0.25, -0.2) is 0 Å². The Morgan fingerprint density at radius 1 is 0.765 bits per heavy atom. The SMILES string of the molecule is COc1c(CO)c(C)c(CO)c(OC)c1OC. The van der Waals surface area contributed by atoms with Gasteiger partial charge in [-0.15, -0.1) is 0 Å². The van der Waals surface area contributed by atoms with Crippen LogP contribution in [0.15, 0.2) is 0 Å². The van der Waals surface area contributed by atoms with Crippen LogP contribution in [0, 0.1) is 6.92 Å². The van der Waals surface area contributed by atoms with Crippen LogP contribution >= 0.6 is 0 Å². The molecule has 1 rings (SSSR count). The summed E-state index contributed by atoms with van der Waals surface area (Å²) in [5.74, 6) is 1.25. The summed E-state index contributed by atoms with van der Waals surface area (Å²) in [4.78, 5) is 0. The summed E-state index contributed by atoms with van der Waals surface area (Å²) >= 11 is 0. The van der Waals surface area contributed by atoms with Crippen LogP contribution in [0.1, 0.15) is 16.7 Å². The molecular formula is C12H18O5. The number of methoxy groups -OCH3 is 3. The Labute approximate surface area is 101 Å². The molecule has 1 aromatic rings. The zero-order chi connectivity index (χ0) is 13.0. The predicted octanol–water partition coefficient (Wildman–Crippen LogP) is 1.01. The van der Waals surface area contributed by atoms with Crippen molar-refractivity contribution in [3.63, 3.8) is 0 Å². The molecular weight excluding hydrogens is 224 g/mol. The summed E-state index contributed by atoms with van der Waals surface area (Å²) in [6.45, 7) is 1.41. The molecule has 0 saturated carbocycles. The molecule has 0 aliphatic heterocycles. The Balaban J connectivity index is 3.66. The summed E-state index contributed by atoms with van der Waals surface area (Å²) in [6, 6.07) is 0. The van der Waals surface area contributed by atoms with E-state index < -0.39 is 0 Å². The van der Waals surface area contributed by atoms with Crippen molar-refractivity contribution in [3.8, 4) is 17.2 Å². The van der Waals surface area contributed by atoms with Crippen LogP contribution in [-0.2, 0) is 13.2 Å². The van der Waals surface area contributed by atoms with Gasteiger partial charge >= 0.3 is 0 Å². The number of rotatable bonds is 5. The summed E-state index contributed by atoms with van der Waals surface area (Å²) in [7, 11) is 4.47. The lowest BCUT2D eigenvalue weighted by Gasteiger charge is -2.20. The molecule has 17 heavy (non-hydrogen) atoms. The van der Waals surface area contributed by atoms with Crippen molar-refractivity contribution in [1.82, 2.24) is 0 Å². The Kier molecular flexibility index (Phi) is 4.60. The van der Waals surface area contributed by atoms with Gasteiger partial charge in [-0.2, -0.15) is 0 Å². The van der Waals surface area contributed by atoms with E-state index >= 15 is 0 Å². The number of hydrogen-bond acceptors (Lipinski definition) is 5. The number of ether oxygens (including phenoxy) is 3. The standard InChI is InChI=1S/C12H18O5/c1-7-8(5-13)10(15-2)12(17-4)11(16-3)9(7)6-14/h13-14H,5-6H2,1-4H3. The zero-order valence-corrected chi connectivity index (χ0v) is 10.5. The normalized spacial score (nSPS) is 10.2. The lowest BCUT2D eigenvalue weighted by Crippen LogP contribution is -2.06. The highest BCUT2D eigenvalue weighted by molar-refractivity contribution is 5.63. The molecule has 0 aliphatic carbocycles. The molecule has 0 amide bonds. The first-order chi connectivity index (χ1) is 8.15. The highest BCUT2D eigenvalue weighted by atomic mass is 16.5. The molecule has 96 valence electrons. The van der Waals surface area contributed by atoms with Gasteiger partial charge in [-0.05, 0) is 12.5 Å². The summed E-state index contributed by atoms with van der Waals surface area (Å²) < 4.78 is 15.7. The van der Waals surface area contributed by atoms with Gasteiger partial charge in [0, 0.05) is 11.1 Å². The van der Waals surface area contributed by atoms with E-state index in [0.29, 0.717) is 28.4 Å². The van der Waals surface area contributed by atoms with Crippen LogP contribution in [0.5, 0.6) is 17.2 Å². The first kappa shape index (κ1) is 13.6. The zero-order valence-electron chi connectivity index (χ0n) is 10.5. The lowest BCUT2D eigenvalue weighted by molar-refractivity contribution is 0.253. The van der Waals surface area contributed by atoms with Gasteiger partial charge in [-0.3, -0.25) is 0 Å². The summed E-state index contributed by atoms with van der Waals surface area (Å²) in [5, 5.41) is 18.8. The van der Waals surface area contributed by atoms with Crippen LogP contribution in [0.25, 0.3) is 0 Å². The van der Waals surface area contributed by atoms with Crippen molar-refractivity contribution >= 4 is 0 Å². The lowest BCUT2D eigenvalue weighted by atomic mass is 10.00. The van der Waals surface area contributed by atoms with E-state index in [1.54, 1.807) is 6.92 Å². The summed E-state index contributed by atoms with van der Waals surface area (Å²) in [6.07, 6.45) is 0. The van der Waals surface area contributed by atoms with E-state index in [2.05, 4.69) is 0 Å². The molecule has 2 N–H and O–H groups in total. The molecule has 5 heteroatoms. The third-order valence-electron chi connectivity index (χ3n) is 2.79. The van der Waals surface area contributed by atoms with Crippen molar-refractivity contribution in [3.05, 3.63) is 16.7 Å². The second-order valence-electron chi connectivity index (χ2n) is 3.50. The quantitative estimate of drug-likeness (QED) is 0.806. The largest absolute Gasteiger partial charge is 0.492 e. The van der Waals surface area contributed by atoms with Gasteiger partial charge in [0.2, 0.25) is 5.75 Å². The summed E-state index contributed by atoms with van der Waals surface area (Å²) in [5.41, 5.74) is 1.92. The second-order valence-corrected chi connectivity index (χ2v) is 3.50. The van der Waals surface area contributed by atoms with E-state index in [4.69, 9.17) is 14.2 Å². The average molecular weight is 242 g/mol. The minimum atomic E-state index is -0.192. The van der Waals surface area contributed by atoms with E-state index in [1.165, 1.54) is 21.3 Å². The van der Waals surface area contributed by atoms with Gasteiger partial charge in [0.15, 0.2) is 11.5 Å². The van der Waals surface area contributed by atoms with E-state index in [1.807, 2.05) is 0 Å². The van der Waals surface area contributed by atoms with Crippen LogP contribution < -0.4 is 14.2 Å². The Hall–Kier alpha value is -1.46. The van der Waals surface area contributed by atoms with Crippen molar-refractivity contribution in [1.29, 1.82) is 0 Å². The first-order valence-corrected chi connectivity index (χ1v) is 5.18. The molecule has 0 unspecified atom stereocenters. The topological polar surface area (TPSA) is 68.2 Å². The molecule has 1 aromatic carbocycles. The van der Waals surface area contributed by atoms with Crippen molar-refractivity contribution in [2.45, 2.75) is 20.1 Å². The number of aliphatic hydroxyl groups is 2. The first-order valence-electron chi connectivity index (χ1n) is 5.18. The third kappa shape index (κ3) is 2.16. The fraction of sp³-hybridized carbons (Fsp3) is 0.500. The fourth-order valence-corrected chi connectivity index (χ4v) is 1.90. The average Bonchev–Trinajstić information content (AvgIpc) is 2.36. The van der Waals surface area contributed by atoms with E-state index in [9.17, 15) is 10.2 Å². The minimum absolute atomic E-state index is 0.192. The molecule has 0 radical (unpaired) electrons. The maximum absolute atomic E-state index is 9.38.